The highest BCUT2D eigenvalue weighted by molar-refractivity contribution is 5.92. The minimum Gasteiger partial charge on any atom is -0.508 e. The van der Waals surface area contributed by atoms with E-state index in [0.29, 0.717) is 12.1 Å². The lowest BCUT2D eigenvalue weighted by atomic mass is 10.1. The molecule has 0 atom stereocenters. The van der Waals surface area contributed by atoms with E-state index < -0.39 is 0 Å². The number of hydrogen-bond acceptors (Lipinski definition) is 2. The molecule has 0 saturated carbocycles. The van der Waals surface area contributed by atoms with Gasteiger partial charge in [-0.1, -0.05) is 36.4 Å². The first kappa shape index (κ1) is 11.2. The number of carbonyl (C=O) groups excluding carboxylic acids is 1. The fourth-order valence-corrected chi connectivity index (χ4v) is 1.57. The van der Waals surface area contributed by atoms with Crippen molar-refractivity contribution in [3.63, 3.8) is 0 Å². The highest BCUT2D eigenvalue weighted by atomic mass is 16.3. The Morgan fingerprint density at radius 3 is 2.53 bits per heavy atom. The summed E-state index contributed by atoms with van der Waals surface area (Å²) in [6.45, 7) is 0. The molecular formula is C14H13NO2. The van der Waals surface area contributed by atoms with Crippen molar-refractivity contribution < 1.29 is 9.90 Å². The van der Waals surface area contributed by atoms with Crippen LogP contribution in [0.2, 0.25) is 0 Å². The molecule has 3 heteroatoms. The highest BCUT2D eigenvalue weighted by Gasteiger charge is 2.03. The number of aromatic hydroxyl groups is 1. The Morgan fingerprint density at radius 2 is 1.82 bits per heavy atom. The Balaban J connectivity index is 1.98. The van der Waals surface area contributed by atoms with E-state index in [9.17, 15) is 9.90 Å². The van der Waals surface area contributed by atoms with E-state index in [1.165, 1.54) is 6.07 Å². The maximum atomic E-state index is 11.7. The van der Waals surface area contributed by atoms with Crippen LogP contribution >= 0.6 is 0 Å². The monoisotopic (exact) mass is 227 g/mol. The Labute approximate surface area is 99.7 Å². The Kier molecular flexibility index (Phi) is 3.40. The number of amides is 1. The molecule has 0 fully saturated rings. The summed E-state index contributed by atoms with van der Waals surface area (Å²) < 4.78 is 0. The normalized spacial score (nSPS) is 9.88. The molecule has 86 valence electrons. The lowest BCUT2D eigenvalue weighted by molar-refractivity contribution is -0.115. The van der Waals surface area contributed by atoms with Gasteiger partial charge < -0.3 is 10.4 Å². The molecule has 0 aliphatic carbocycles. The van der Waals surface area contributed by atoms with Crippen LogP contribution < -0.4 is 5.32 Å². The van der Waals surface area contributed by atoms with Gasteiger partial charge in [-0.15, -0.1) is 0 Å². The summed E-state index contributed by atoms with van der Waals surface area (Å²) in [6.07, 6.45) is 0.330. The van der Waals surface area contributed by atoms with E-state index in [4.69, 9.17) is 0 Å². The predicted molar refractivity (Wildman–Crippen MR) is 66.9 cm³/mol. The Morgan fingerprint density at radius 1 is 1.06 bits per heavy atom. The number of hydrogen-bond donors (Lipinski definition) is 2. The van der Waals surface area contributed by atoms with Crippen LogP contribution in [0.15, 0.2) is 54.6 Å². The summed E-state index contributed by atoms with van der Waals surface area (Å²) in [4.78, 5) is 11.7. The van der Waals surface area contributed by atoms with Crippen LogP contribution in [0.25, 0.3) is 0 Å². The molecule has 3 nitrogen and oxygen atoms in total. The standard InChI is InChI=1S/C14H13NO2/c16-13-8-4-7-12(10-13)15-14(17)9-11-5-2-1-3-6-11/h1-8,10,16H,9H2,(H,15,17). The number of phenolic OH excluding ortho intramolecular Hbond substituents is 1. The van der Waals surface area contributed by atoms with E-state index in [-0.39, 0.29) is 11.7 Å². The molecule has 0 saturated heterocycles. The number of nitrogens with one attached hydrogen (secondary N) is 1. The molecule has 0 heterocycles. The SMILES string of the molecule is O=C(Cc1ccccc1)Nc1cccc(O)c1. The van der Waals surface area contributed by atoms with Crippen LogP contribution in [0.4, 0.5) is 5.69 Å². The highest BCUT2D eigenvalue weighted by Crippen LogP contribution is 2.15. The molecule has 2 aromatic carbocycles. The Hall–Kier alpha value is -2.29. The van der Waals surface area contributed by atoms with Crippen LogP contribution in [0.1, 0.15) is 5.56 Å². The van der Waals surface area contributed by atoms with Crippen molar-refractivity contribution in [1.29, 1.82) is 0 Å². The fourth-order valence-electron chi connectivity index (χ4n) is 1.57. The number of carbonyl (C=O) groups is 1. The molecule has 2 aromatic rings. The second-order valence-corrected chi connectivity index (χ2v) is 3.76. The topological polar surface area (TPSA) is 49.3 Å². The van der Waals surface area contributed by atoms with E-state index in [2.05, 4.69) is 5.32 Å². The average Bonchev–Trinajstić information content (AvgIpc) is 2.30. The third-order valence-corrected chi connectivity index (χ3v) is 2.34. The molecule has 0 aromatic heterocycles. The summed E-state index contributed by atoms with van der Waals surface area (Å²) in [5.74, 6) is 0.0457. The first-order valence-electron chi connectivity index (χ1n) is 5.37. The molecule has 0 aliphatic heterocycles. The summed E-state index contributed by atoms with van der Waals surface area (Å²) in [7, 11) is 0. The first-order valence-corrected chi connectivity index (χ1v) is 5.37. The molecule has 2 rings (SSSR count). The minimum atomic E-state index is -0.0956. The molecular weight excluding hydrogens is 214 g/mol. The third-order valence-electron chi connectivity index (χ3n) is 2.34. The zero-order chi connectivity index (χ0) is 12.1. The summed E-state index contributed by atoms with van der Waals surface area (Å²) in [5.41, 5.74) is 1.57. The van der Waals surface area contributed by atoms with Crippen LogP contribution in [0, 0.1) is 0 Å². The first-order chi connectivity index (χ1) is 8.24. The second kappa shape index (κ2) is 5.16. The number of rotatable bonds is 3. The number of phenols is 1. The quantitative estimate of drug-likeness (QED) is 0.846. The maximum absolute atomic E-state index is 11.7. The van der Waals surface area contributed by atoms with Crippen molar-refractivity contribution in [2.45, 2.75) is 6.42 Å². The summed E-state index contributed by atoms with van der Waals surface area (Å²) in [5, 5.41) is 12.0. The van der Waals surface area contributed by atoms with Gasteiger partial charge in [0.25, 0.3) is 0 Å². The zero-order valence-corrected chi connectivity index (χ0v) is 9.26. The lowest BCUT2D eigenvalue weighted by Gasteiger charge is -2.05. The molecule has 0 unspecified atom stereocenters. The lowest BCUT2D eigenvalue weighted by Crippen LogP contribution is -2.14. The number of anilines is 1. The summed E-state index contributed by atoms with van der Waals surface area (Å²) in [6, 6.07) is 16.0. The van der Waals surface area contributed by atoms with Gasteiger partial charge in [-0.2, -0.15) is 0 Å². The van der Waals surface area contributed by atoms with Crippen molar-refractivity contribution in [2.24, 2.45) is 0 Å². The average molecular weight is 227 g/mol. The second-order valence-electron chi connectivity index (χ2n) is 3.76. The van der Waals surface area contributed by atoms with Gasteiger partial charge in [0, 0.05) is 11.8 Å². The van der Waals surface area contributed by atoms with Crippen molar-refractivity contribution >= 4 is 11.6 Å². The molecule has 17 heavy (non-hydrogen) atoms. The van der Waals surface area contributed by atoms with Gasteiger partial charge in [0.15, 0.2) is 0 Å². The van der Waals surface area contributed by atoms with Crippen molar-refractivity contribution in [2.75, 3.05) is 5.32 Å². The molecule has 1 amide bonds. The van der Waals surface area contributed by atoms with E-state index >= 15 is 0 Å². The van der Waals surface area contributed by atoms with Gasteiger partial charge in [-0.05, 0) is 17.7 Å². The minimum absolute atomic E-state index is 0.0956. The largest absolute Gasteiger partial charge is 0.508 e. The van der Waals surface area contributed by atoms with Crippen LogP contribution in [-0.2, 0) is 11.2 Å². The molecule has 0 radical (unpaired) electrons. The van der Waals surface area contributed by atoms with Crippen molar-refractivity contribution in [3.8, 4) is 5.75 Å². The van der Waals surface area contributed by atoms with Gasteiger partial charge in [0.2, 0.25) is 5.91 Å². The zero-order valence-electron chi connectivity index (χ0n) is 9.26. The van der Waals surface area contributed by atoms with E-state index in [1.807, 2.05) is 30.3 Å². The van der Waals surface area contributed by atoms with Crippen LogP contribution in [-0.4, -0.2) is 11.0 Å². The molecule has 2 N–H and O–H groups in total. The molecule has 0 spiro atoms. The van der Waals surface area contributed by atoms with Crippen LogP contribution in [0.3, 0.4) is 0 Å². The Bertz CT molecular complexity index is 509. The maximum Gasteiger partial charge on any atom is 0.228 e. The van der Waals surface area contributed by atoms with Gasteiger partial charge >= 0.3 is 0 Å². The molecule has 0 bridgehead atoms. The van der Waals surface area contributed by atoms with Gasteiger partial charge in [-0.25, -0.2) is 0 Å². The smallest absolute Gasteiger partial charge is 0.228 e. The fraction of sp³-hybridized carbons (Fsp3) is 0.0714. The van der Waals surface area contributed by atoms with Crippen molar-refractivity contribution in [3.05, 3.63) is 60.2 Å². The van der Waals surface area contributed by atoms with Crippen LogP contribution in [0.5, 0.6) is 5.75 Å². The third kappa shape index (κ3) is 3.34. The van der Waals surface area contributed by atoms with Gasteiger partial charge in [0.05, 0.1) is 6.42 Å². The van der Waals surface area contributed by atoms with E-state index in [1.54, 1.807) is 18.2 Å². The van der Waals surface area contributed by atoms with Gasteiger partial charge in [-0.3, -0.25) is 4.79 Å². The van der Waals surface area contributed by atoms with Crippen molar-refractivity contribution in [1.82, 2.24) is 0 Å². The van der Waals surface area contributed by atoms with E-state index in [0.717, 1.165) is 5.56 Å². The predicted octanol–water partition coefficient (Wildman–Crippen LogP) is 2.57. The summed E-state index contributed by atoms with van der Waals surface area (Å²) >= 11 is 0. The number of benzene rings is 2. The van der Waals surface area contributed by atoms with Gasteiger partial charge in [0.1, 0.15) is 5.75 Å². The molecule has 0 aliphatic rings.